The third kappa shape index (κ3) is 5.85. The number of carbonyl (C=O) groups is 2. The van der Waals surface area contributed by atoms with E-state index in [0.29, 0.717) is 18.0 Å². The molecule has 0 heterocycles. The van der Waals surface area contributed by atoms with Gasteiger partial charge in [0.1, 0.15) is 6.04 Å². The predicted molar refractivity (Wildman–Crippen MR) is 98.2 cm³/mol. The highest BCUT2D eigenvalue weighted by molar-refractivity contribution is 5.97. The first-order valence-corrected chi connectivity index (χ1v) is 9.20. The first-order valence-electron chi connectivity index (χ1n) is 9.20. The van der Waals surface area contributed by atoms with Crippen molar-refractivity contribution in [2.45, 2.75) is 58.6 Å². The number of benzene rings is 1. The van der Waals surface area contributed by atoms with E-state index in [9.17, 15) is 14.7 Å². The van der Waals surface area contributed by atoms with Crippen LogP contribution in [0.1, 0.15) is 55.5 Å². The van der Waals surface area contributed by atoms with Crippen molar-refractivity contribution >= 4 is 11.8 Å². The molecule has 1 saturated carbocycles. The fourth-order valence-corrected chi connectivity index (χ4v) is 3.35. The number of rotatable bonds is 6. The standard InChI is InChI=1S/C20H30N2O3/c1-13(2)18(22-19(24)16-8-4-6-14(3)10-16)20(25)21-12-15-7-5-9-17(23)11-15/h4,6,8,10,13,15,17-18,23H,5,7,9,11-12H2,1-3H3,(H,21,25)(H,22,24). The Morgan fingerprint density at radius 2 is 2.04 bits per heavy atom. The van der Waals surface area contributed by atoms with Gasteiger partial charge in [0.25, 0.3) is 5.91 Å². The zero-order valence-corrected chi connectivity index (χ0v) is 15.4. The molecule has 3 N–H and O–H groups in total. The van der Waals surface area contributed by atoms with Crippen molar-refractivity contribution < 1.29 is 14.7 Å². The molecule has 3 atom stereocenters. The molecule has 1 aliphatic rings. The van der Waals surface area contributed by atoms with Crippen LogP contribution in [0.3, 0.4) is 0 Å². The molecule has 0 aromatic heterocycles. The van der Waals surface area contributed by atoms with Crippen LogP contribution < -0.4 is 10.6 Å². The quantitative estimate of drug-likeness (QED) is 0.740. The molecule has 2 amide bonds. The smallest absolute Gasteiger partial charge is 0.251 e. The monoisotopic (exact) mass is 346 g/mol. The van der Waals surface area contributed by atoms with E-state index in [1.165, 1.54) is 0 Å². The second-order valence-electron chi connectivity index (χ2n) is 7.50. The van der Waals surface area contributed by atoms with Gasteiger partial charge >= 0.3 is 0 Å². The van der Waals surface area contributed by atoms with Crippen molar-refractivity contribution in [3.05, 3.63) is 35.4 Å². The summed E-state index contributed by atoms with van der Waals surface area (Å²) in [7, 11) is 0. The lowest BCUT2D eigenvalue weighted by Gasteiger charge is -2.27. The van der Waals surface area contributed by atoms with Crippen LogP contribution in [-0.4, -0.2) is 35.6 Å². The zero-order valence-electron chi connectivity index (χ0n) is 15.4. The highest BCUT2D eigenvalue weighted by Gasteiger charge is 2.26. The molecule has 25 heavy (non-hydrogen) atoms. The molecule has 0 bridgehead atoms. The van der Waals surface area contributed by atoms with Gasteiger partial charge in [-0.05, 0) is 50.2 Å². The first-order chi connectivity index (χ1) is 11.9. The second-order valence-corrected chi connectivity index (χ2v) is 7.50. The molecule has 1 fully saturated rings. The lowest BCUT2D eigenvalue weighted by Crippen LogP contribution is -2.50. The Bertz CT molecular complexity index is 600. The number of aliphatic hydroxyl groups excluding tert-OH is 1. The van der Waals surface area contributed by atoms with Crippen LogP contribution in [0.4, 0.5) is 0 Å². The molecular weight excluding hydrogens is 316 g/mol. The molecule has 2 rings (SSSR count). The van der Waals surface area contributed by atoms with Crippen molar-refractivity contribution in [1.29, 1.82) is 0 Å². The SMILES string of the molecule is Cc1cccc(C(=O)NC(C(=O)NCC2CCCC(O)C2)C(C)C)c1. The summed E-state index contributed by atoms with van der Waals surface area (Å²) in [6.07, 6.45) is 3.37. The largest absolute Gasteiger partial charge is 0.393 e. The number of hydrogen-bond acceptors (Lipinski definition) is 3. The maximum atomic E-state index is 12.6. The topological polar surface area (TPSA) is 78.4 Å². The van der Waals surface area contributed by atoms with Crippen LogP contribution in [-0.2, 0) is 4.79 Å². The number of carbonyl (C=O) groups excluding carboxylic acids is 2. The minimum Gasteiger partial charge on any atom is -0.393 e. The van der Waals surface area contributed by atoms with E-state index in [1.54, 1.807) is 6.07 Å². The van der Waals surface area contributed by atoms with E-state index in [1.807, 2.05) is 39.0 Å². The Morgan fingerprint density at radius 3 is 2.68 bits per heavy atom. The maximum absolute atomic E-state index is 12.6. The van der Waals surface area contributed by atoms with Gasteiger partial charge in [0.2, 0.25) is 5.91 Å². The van der Waals surface area contributed by atoms with Crippen LogP contribution in [0.2, 0.25) is 0 Å². The highest BCUT2D eigenvalue weighted by atomic mass is 16.3. The lowest BCUT2D eigenvalue weighted by molar-refractivity contribution is -0.124. The van der Waals surface area contributed by atoms with Crippen LogP contribution in [0.15, 0.2) is 24.3 Å². The summed E-state index contributed by atoms with van der Waals surface area (Å²) in [5, 5.41) is 15.6. The maximum Gasteiger partial charge on any atom is 0.251 e. The summed E-state index contributed by atoms with van der Waals surface area (Å²) in [6, 6.07) is 6.77. The highest BCUT2D eigenvalue weighted by Crippen LogP contribution is 2.23. The summed E-state index contributed by atoms with van der Waals surface area (Å²) < 4.78 is 0. The van der Waals surface area contributed by atoms with Crippen LogP contribution in [0.25, 0.3) is 0 Å². The number of nitrogens with one attached hydrogen (secondary N) is 2. The Labute approximate surface area is 150 Å². The summed E-state index contributed by atoms with van der Waals surface area (Å²) in [5.74, 6) is -0.0830. The molecule has 1 aromatic carbocycles. The molecule has 1 aromatic rings. The number of aliphatic hydroxyl groups is 1. The Balaban J connectivity index is 1.92. The molecule has 0 aliphatic heterocycles. The van der Waals surface area contributed by atoms with E-state index in [2.05, 4.69) is 10.6 Å². The van der Waals surface area contributed by atoms with Gasteiger partial charge in [-0.2, -0.15) is 0 Å². The molecule has 0 radical (unpaired) electrons. The van der Waals surface area contributed by atoms with Gasteiger partial charge in [0, 0.05) is 12.1 Å². The van der Waals surface area contributed by atoms with Crippen LogP contribution in [0.5, 0.6) is 0 Å². The fourth-order valence-electron chi connectivity index (χ4n) is 3.35. The van der Waals surface area contributed by atoms with Crippen molar-refractivity contribution in [3.63, 3.8) is 0 Å². The second kappa shape index (κ2) is 8.99. The third-order valence-electron chi connectivity index (χ3n) is 4.84. The number of hydrogen-bond donors (Lipinski definition) is 3. The van der Waals surface area contributed by atoms with Crippen molar-refractivity contribution in [2.24, 2.45) is 11.8 Å². The average Bonchev–Trinajstić information content (AvgIpc) is 2.57. The van der Waals surface area contributed by atoms with Crippen molar-refractivity contribution in [2.75, 3.05) is 6.54 Å². The number of amides is 2. The predicted octanol–water partition coefficient (Wildman–Crippen LogP) is 2.42. The van der Waals surface area contributed by atoms with E-state index in [4.69, 9.17) is 0 Å². The zero-order chi connectivity index (χ0) is 18.4. The van der Waals surface area contributed by atoms with Crippen LogP contribution in [0, 0.1) is 18.8 Å². The molecule has 138 valence electrons. The minimum atomic E-state index is -0.568. The van der Waals surface area contributed by atoms with Gasteiger partial charge in [-0.25, -0.2) is 0 Å². The lowest BCUT2D eigenvalue weighted by atomic mass is 9.87. The fraction of sp³-hybridized carbons (Fsp3) is 0.600. The van der Waals surface area contributed by atoms with Gasteiger partial charge < -0.3 is 15.7 Å². The summed E-state index contributed by atoms with van der Waals surface area (Å²) in [4.78, 5) is 25.0. The van der Waals surface area contributed by atoms with Gasteiger partial charge in [-0.3, -0.25) is 9.59 Å². The van der Waals surface area contributed by atoms with Gasteiger partial charge in [0.05, 0.1) is 6.10 Å². The minimum absolute atomic E-state index is 0.00861. The summed E-state index contributed by atoms with van der Waals surface area (Å²) >= 11 is 0. The van der Waals surface area contributed by atoms with Crippen LogP contribution >= 0.6 is 0 Å². The van der Waals surface area contributed by atoms with E-state index in [0.717, 1.165) is 31.2 Å². The Kier molecular flexibility index (Phi) is 7.00. The van der Waals surface area contributed by atoms with Crippen molar-refractivity contribution in [3.8, 4) is 0 Å². The molecule has 1 aliphatic carbocycles. The normalized spacial score (nSPS) is 21.6. The number of aryl methyl sites for hydroxylation is 1. The third-order valence-corrected chi connectivity index (χ3v) is 4.84. The van der Waals surface area contributed by atoms with Gasteiger partial charge in [0.15, 0.2) is 0 Å². The Morgan fingerprint density at radius 1 is 1.28 bits per heavy atom. The van der Waals surface area contributed by atoms with E-state index in [-0.39, 0.29) is 23.8 Å². The Hall–Kier alpha value is -1.88. The van der Waals surface area contributed by atoms with E-state index >= 15 is 0 Å². The summed E-state index contributed by atoms with van der Waals surface area (Å²) in [5.41, 5.74) is 1.57. The molecule has 0 saturated heterocycles. The molecule has 5 nitrogen and oxygen atoms in total. The average molecular weight is 346 g/mol. The molecule has 0 spiro atoms. The molecule has 3 unspecified atom stereocenters. The molecule has 5 heteroatoms. The first kappa shape index (κ1) is 19.4. The van der Waals surface area contributed by atoms with Gasteiger partial charge in [-0.15, -0.1) is 0 Å². The van der Waals surface area contributed by atoms with E-state index < -0.39 is 6.04 Å². The van der Waals surface area contributed by atoms with Gasteiger partial charge in [-0.1, -0.05) is 38.0 Å². The van der Waals surface area contributed by atoms with Crippen molar-refractivity contribution in [1.82, 2.24) is 10.6 Å². The molecular formula is C20H30N2O3. The summed E-state index contributed by atoms with van der Waals surface area (Å²) in [6.45, 7) is 6.33.